The summed E-state index contributed by atoms with van der Waals surface area (Å²) in [5.41, 5.74) is 4.26. The second kappa shape index (κ2) is 12.6. The van der Waals surface area contributed by atoms with Crippen LogP contribution in [0.15, 0.2) is 78.9 Å². The summed E-state index contributed by atoms with van der Waals surface area (Å²) in [7, 11) is 0. The molecule has 1 aliphatic rings. The minimum Gasteiger partial charge on any atom is -0.480 e. The molecule has 3 amide bonds. The number of aliphatic carboxylic acids is 1. The molecule has 8 heteroatoms. The van der Waals surface area contributed by atoms with E-state index >= 15 is 0 Å². The molecule has 0 bridgehead atoms. The molecular formula is C29H31N3O5. The molecular weight excluding hydrogens is 470 g/mol. The van der Waals surface area contributed by atoms with E-state index in [9.17, 15) is 19.5 Å². The summed E-state index contributed by atoms with van der Waals surface area (Å²) in [4.78, 5) is 36.1. The van der Waals surface area contributed by atoms with E-state index in [1.54, 1.807) is 0 Å². The molecule has 3 aromatic carbocycles. The number of nitrogens with one attached hydrogen (secondary N) is 3. The fourth-order valence-electron chi connectivity index (χ4n) is 4.33. The molecule has 0 aromatic heterocycles. The Morgan fingerprint density at radius 1 is 0.865 bits per heavy atom. The smallest absolute Gasteiger partial charge is 0.408 e. The maximum Gasteiger partial charge on any atom is 0.408 e. The fourth-order valence-corrected chi connectivity index (χ4v) is 4.33. The minimum atomic E-state index is -1.11. The molecule has 1 atom stereocenters. The maximum absolute atomic E-state index is 12.3. The topological polar surface area (TPSA) is 117 Å². The van der Waals surface area contributed by atoms with Crippen LogP contribution in [0.3, 0.4) is 0 Å². The van der Waals surface area contributed by atoms with Crippen LogP contribution in [0, 0.1) is 0 Å². The number of hydrogen-bond acceptors (Lipinski definition) is 4. The monoisotopic (exact) mass is 501 g/mol. The lowest BCUT2D eigenvalue weighted by Gasteiger charge is -2.17. The number of carbonyl (C=O) groups excluding carboxylic acids is 2. The predicted octanol–water partition coefficient (Wildman–Crippen LogP) is 5.34. The van der Waals surface area contributed by atoms with Gasteiger partial charge in [-0.25, -0.2) is 14.4 Å². The standard InChI is InChI=1S/C29H31N3O5/c33-27(34)26(32-29(36)37-25-11-4-5-12-25)17-20-13-15-22(16-14-20)23-9-6-10-24(18-23)31-28(35)30-19-21-7-2-1-3-8-21/h1-3,6-10,13-16,18,25-26H,4-5,11-12,17,19H2,(H,32,36)(H,33,34)(H2,30,31,35). The fraction of sp³-hybridized carbons (Fsp3) is 0.276. The first-order valence-corrected chi connectivity index (χ1v) is 12.4. The van der Waals surface area contributed by atoms with Crippen LogP contribution in [0.25, 0.3) is 11.1 Å². The molecule has 192 valence electrons. The van der Waals surface area contributed by atoms with Crippen LogP contribution in [0.5, 0.6) is 0 Å². The number of alkyl carbamates (subject to hydrolysis) is 1. The Balaban J connectivity index is 1.32. The van der Waals surface area contributed by atoms with Crippen molar-refractivity contribution in [3.63, 3.8) is 0 Å². The van der Waals surface area contributed by atoms with Crippen LogP contribution in [0.4, 0.5) is 15.3 Å². The molecule has 4 rings (SSSR count). The normalized spacial score (nSPS) is 13.9. The molecule has 37 heavy (non-hydrogen) atoms. The number of carboxylic acids is 1. The van der Waals surface area contributed by atoms with Crippen molar-refractivity contribution in [2.75, 3.05) is 5.32 Å². The first-order valence-electron chi connectivity index (χ1n) is 12.4. The van der Waals surface area contributed by atoms with E-state index in [0.717, 1.165) is 47.9 Å². The molecule has 1 fully saturated rings. The summed E-state index contributed by atoms with van der Waals surface area (Å²) in [6.45, 7) is 0.429. The molecule has 3 aromatic rings. The lowest BCUT2D eigenvalue weighted by molar-refractivity contribution is -0.139. The van der Waals surface area contributed by atoms with Crippen molar-refractivity contribution in [1.29, 1.82) is 0 Å². The van der Waals surface area contributed by atoms with Gasteiger partial charge in [0, 0.05) is 18.7 Å². The highest BCUT2D eigenvalue weighted by molar-refractivity contribution is 5.90. The van der Waals surface area contributed by atoms with Gasteiger partial charge in [0.05, 0.1) is 0 Å². The highest BCUT2D eigenvalue weighted by atomic mass is 16.6. The van der Waals surface area contributed by atoms with Crippen molar-refractivity contribution >= 4 is 23.8 Å². The van der Waals surface area contributed by atoms with E-state index in [1.165, 1.54) is 0 Å². The number of carbonyl (C=O) groups is 3. The molecule has 1 saturated carbocycles. The Labute approximate surface area is 216 Å². The summed E-state index contributed by atoms with van der Waals surface area (Å²) in [6.07, 6.45) is 3.00. The molecule has 1 unspecified atom stereocenters. The number of hydrogen-bond donors (Lipinski definition) is 4. The van der Waals surface area contributed by atoms with Gasteiger partial charge in [0.25, 0.3) is 0 Å². The largest absolute Gasteiger partial charge is 0.480 e. The molecule has 4 N–H and O–H groups in total. The third-order valence-corrected chi connectivity index (χ3v) is 6.31. The highest BCUT2D eigenvalue weighted by Crippen LogP contribution is 2.24. The van der Waals surface area contributed by atoms with Crippen molar-refractivity contribution in [3.05, 3.63) is 90.0 Å². The Bertz CT molecular complexity index is 1210. The number of urea groups is 1. The van der Waals surface area contributed by atoms with E-state index in [-0.39, 0.29) is 18.6 Å². The molecule has 8 nitrogen and oxygen atoms in total. The lowest BCUT2D eigenvalue weighted by Crippen LogP contribution is -2.43. The molecule has 0 heterocycles. The number of benzene rings is 3. The lowest BCUT2D eigenvalue weighted by atomic mass is 10.0. The third kappa shape index (κ3) is 7.83. The van der Waals surface area contributed by atoms with Crippen molar-refractivity contribution in [2.24, 2.45) is 0 Å². The quantitative estimate of drug-likeness (QED) is 0.316. The second-order valence-corrected chi connectivity index (χ2v) is 9.12. The van der Waals surface area contributed by atoms with Crippen LogP contribution >= 0.6 is 0 Å². The average molecular weight is 502 g/mol. The van der Waals surface area contributed by atoms with Gasteiger partial charge in [-0.05, 0) is 60.1 Å². The summed E-state index contributed by atoms with van der Waals surface area (Å²) in [5, 5.41) is 17.7. The molecule has 1 aliphatic carbocycles. The van der Waals surface area contributed by atoms with Gasteiger partial charge in [-0.15, -0.1) is 0 Å². The van der Waals surface area contributed by atoms with Gasteiger partial charge in [0.15, 0.2) is 0 Å². The molecule has 0 saturated heterocycles. The zero-order valence-electron chi connectivity index (χ0n) is 20.5. The van der Waals surface area contributed by atoms with Gasteiger partial charge in [0.2, 0.25) is 0 Å². The number of anilines is 1. The zero-order chi connectivity index (χ0) is 26.0. The van der Waals surface area contributed by atoms with Crippen molar-refractivity contribution in [1.82, 2.24) is 10.6 Å². The second-order valence-electron chi connectivity index (χ2n) is 9.12. The number of carboxylic acid groups (broad SMARTS) is 1. The van der Waals surface area contributed by atoms with Gasteiger partial charge in [-0.1, -0.05) is 66.7 Å². The van der Waals surface area contributed by atoms with Crippen molar-refractivity contribution < 1.29 is 24.2 Å². The molecule has 0 aliphatic heterocycles. The van der Waals surface area contributed by atoms with E-state index < -0.39 is 18.1 Å². The molecule has 0 radical (unpaired) electrons. The van der Waals surface area contributed by atoms with Gasteiger partial charge in [-0.2, -0.15) is 0 Å². The Kier molecular flexibility index (Phi) is 8.75. The summed E-state index contributed by atoms with van der Waals surface area (Å²) < 4.78 is 5.34. The van der Waals surface area contributed by atoms with Crippen molar-refractivity contribution in [2.45, 2.75) is 50.8 Å². The summed E-state index contributed by atoms with van der Waals surface area (Å²) in [5.74, 6) is -1.11. The van der Waals surface area contributed by atoms with Crippen molar-refractivity contribution in [3.8, 4) is 11.1 Å². The van der Waals surface area contributed by atoms with E-state index in [1.807, 2.05) is 78.9 Å². The van der Waals surface area contributed by atoms with Crippen LogP contribution in [-0.2, 0) is 22.5 Å². The first-order chi connectivity index (χ1) is 18.0. The van der Waals surface area contributed by atoms with E-state index in [4.69, 9.17) is 4.74 Å². The predicted molar refractivity (Wildman–Crippen MR) is 141 cm³/mol. The van der Waals surface area contributed by atoms with Gasteiger partial charge in [0.1, 0.15) is 12.1 Å². The third-order valence-electron chi connectivity index (χ3n) is 6.31. The van der Waals surface area contributed by atoms with Crippen LogP contribution in [0.2, 0.25) is 0 Å². The first kappa shape index (κ1) is 25.8. The zero-order valence-corrected chi connectivity index (χ0v) is 20.5. The van der Waals surface area contributed by atoms with Gasteiger partial charge >= 0.3 is 18.1 Å². The Hall–Kier alpha value is -4.33. The SMILES string of the molecule is O=C(NCc1ccccc1)Nc1cccc(-c2ccc(CC(NC(=O)OC3CCCC3)C(=O)O)cc2)c1. The Morgan fingerprint density at radius 3 is 2.30 bits per heavy atom. The number of ether oxygens (including phenoxy) is 1. The van der Waals surface area contributed by atoms with Crippen LogP contribution < -0.4 is 16.0 Å². The highest BCUT2D eigenvalue weighted by Gasteiger charge is 2.24. The van der Waals surface area contributed by atoms with Gasteiger partial charge < -0.3 is 25.8 Å². The van der Waals surface area contributed by atoms with E-state index in [2.05, 4.69) is 16.0 Å². The number of rotatable bonds is 9. The minimum absolute atomic E-state index is 0.131. The average Bonchev–Trinajstić information content (AvgIpc) is 3.41. The summed E-state index contributed by atoms with van der Waals surface area (Å²) in [6, 6.07) is 23.2. The maximum atomic E-state index is 12.3. The number of amides is 3. The van der Waals surface area contributed by atoms with Gasteiger partial charge in [-0.3, -0.25) is 0 Å². The van der Waals surface area contributed by atoms with Crippen LogP contribution in [-0.4, -0.2) is 35.3 Å². The van der Waals surface area contributed by atoms with Crippen LogP contribution in [0.1, 0.15) is 36.8 Å². The van der Waals surface area contributed by atoms with E-state index in [0.29, 0.717) is 12.2 Å². The Morgan fingerprint density at radius 2 is 1.59 bits per heavy atom. The summed E-state index contributed by atoms with van der Waals surface area (Å²) >= 11 is 0. The molecule has 0 spiro atoms.